The number of carbonyl (C=O) groups excluding carboxylic acids is 2. The number of ether oxygens (including phenoxy) is 9. The number of primary amides is 2. The summed E-state index contributed by atoms with van der Waals surface area (Å²) in [6.45, 7) is 1.58. The van der Waals surface area contributed by atoms with Gasteiger partial charge >= 0.3 is 0 Å². The van der Waals surface area contributed by atoms with E-state index < -0.39 is 11.9 Å². The van der Waals surface area contributed by atoms with Crippen molar-refractivity contribution < 1.29 is 52.2 Å². The van der Waals surface area contributed by atoms with Crippen molar-refractivity contribution in [1.82, 2.24) is 92.5 Å². The number of amides is 2. The maximum absolute atomic E-state index is 11.9. The Bertz CT molecular complexity index is 4900. The number of imidazole rings is 6. The number of aromatic nitrogens is 18. The van der Waals surface area contributed by atoms with Crippen LogP contribution in [0.2, 0.25) is 15.7 Å². The van der Waals surface area contributed by atoms with Crippen LogP contribution in [0.25, 0.3) is 50.6 Å². The molecule has 3 aromatic carbocycles. The fourth-order valence-electron chi connectivity index (χ4n) is 11.0. The van der Waals surface area contributed by atoms with Crippen LogP contribution in [0.15, 0.2) is 93.0 Å². The number of hydrogen-bond acceptors (Lipinski definition) is 28. The summed E-state index contributed by atoms with van der Waals surface area (Å²) in [7, 11) is 19.6. The molecule has 0 saturated carbocycles. The smallest absolute Gasteiger partial charge is 0.240 e. The van der Waals surface area contributed by atoms with E-state index in [9.17, 15) is 9.59 Å². The predicted octanol–water partition coefficient (Wildman–Crippen LogP) is 7.12. The van der Waals surface area contributed by atoms with Gasteiger partial charge in [-0.15, -0.1) is 0 Å². The minimum atomic E-state index is -0.446. The van der Waals surface area contributed by atoms with Gasteiger partial charge in [0.2, 0.25) is 45.6 Å². The fourth-order valence-corrected chi connectivity index (χ4v) is 11.7. The minimum absolute atomic E-state index is 0.0463. The second kappa shape index (κ2) is 33.1. The number of benzene rings is 3. The van der Waals surface area contributed by atoms with Gasteiger partial charge in [0, 0.05) is 64.1 Å². The second-order valence-electron chi connectivity index (χ2n) is 22.3. The molecule has 2 aliphatic rings. The number of methoxy groups -OCH3 is 9. The third-order valence-electron chi connectivity index (χ3n) is 16.0. The summed E-state index contributed by atoms with van der Waals surface area (Å²) in [5, 5.41) is 9.97. The Balaban J connectivity index is 0.000000151. The van der Waals surface area contributed by atoms with Gasteiger partial charge in [0.15, 0.2) is 68.2 Å². The highest BCUT2D eigenvalue weighted by molar-refractivity contribution is 6.35. The molecule has 0 bridgehead atoms. The van der Waals surface area contributed by atoms with Gasteiger partial charge in [-0.3, -0.25) is 9.59 Å². The predicted molar refractivity (Wildman–Crippen MR) is 384 cm³/mol. The van der Waals surface area contributed by atoms with E-state index in [0.717, 1.165) is 48.4 Å². The molecule has 2 amide bonds. The van der Waals surface area contributed by atoms with Gasteiger partial charge in [0.05, 0.1) is 125 Å². The number of nitrogen functional groups attached to an aromatic ring is 1. The lowest BCUT2D eigenvalue weighted by molar-refractivity contribution is -0.120. The first-order valence-corrected chi connectivity index (χ1v) is 32.2. The molecule has 39 heteroatoms. The molecule has 2 saturated heterocycles. The summed E-state index contributed by atoms with van der Waals surface area (Å²) in [6.07, 6.45) is 18.7. The molecule has 542 valence electrons. The van der Waals surface area contributed by atoms with Crippen molar-refractivity contribution in [1.29, 1.82) is 0 Å². The van der Waals surface area contributed by atoms with Crippen LogP contribution in [0.1, 0.15) is 25.7 Å². The van der Waals surface area contributed by atoms with E-state index in [-0.39, 0.29) is 22.5 Å². The zero-order valence-corrected chi connectivity index (χ0v) is 60.2. The third kappa shape index (κ3) is 16.6. The van der Waals surface area contributed by atoms with Crippen LogP contribution < -0.4 is 80.7 Å². The maximum atomic E-state index is 11.9. The Morgan fingerprint density at radius 1 is 0.476 bits per heavy atom. The number of rotatable bonds is 19. The molecule has 0 spiro atoms. The molecule has 9 aromatic heterocycles. The molecule has 0 radical (unpaired) electrons. The Labute approximate surface area is 603 Å². The number of nitrogens with one attached hydrogen (secondary N) is 3. The average molecular weight is 1480 g/mol. The average Bonchev–Trinajstić information content (AvgIpc) is 1.26. The van der Waals surface area contributed by atoms with Gasteiger partial charge in [-0.1, -0.05) is 11.6 Å². The summed E-state index contributed by atoms with van der Waals surface area (Å²) in [5.74, 6) is 7.26. The Hall–Kier alpha value is -11.9. The number of nitrogens with two attached hydrogens (primary N) is 3. The number of halogens is 3. The lowest BCUT2D eigenvalue weighted by Crippen LogP contribution is -2.41. The van der Waals surface area contributed by atoms with Gasteiger partial charge in [0.25, 0.3) is 0 Å². The lowest BCUT2D eigenvalue weighted by atomic mass is 10.2. The highest BCUT2D eigenvalue weighted by Crippen LogP contribution is 2.42. The monoisotopic (exact) mass is 1470 g/mol. The molecule has 0 aliphatic carbocycles. The lowest BCUT2D eigenvalue weighted by Gasteiger charge is -2.22. The summed E-state index contributed by atoms with van der Waals surface area (Å²) in [4.78, 5) is 75.0. The van der Waals surface area contributed by atoms with Crippen LogP contribution in [-0.2, 0) is 30.7 Å². The number of carbonyl (C=O) groups is 2. The van der Waals surface area contributed by atoms with Gasteiger partial charge < -0.3 is 108 Å². The largest absolute Gasteiger partial charge is 0.493 e. The highest BCUT2D eigenvalue weighted by atomic mass is 35.5. The van der Waals surface area contributed by atoms with Crippen molar-refractivity contribution in [2.75, 3.05) is 98.3 Å². The summed E-state index contributed by atoms with van der Waals surface area (Å²) < 4.78 is 59.1. The van der Waals surface area contributed by atoms with Crippen LogP contribution in [0.4, 0.5) is 35.0 Å². The van der Waals surface area contributed by atoms with Crippen LogP contribution in [0.3, 0.4) is 0 Å². The molecule has 11 heterocycles. The zero-order valence-electron chi connectivity index (χ0n) is 57.9. The quantitative estimate of drug-likeness (QED) is 0.0346. The molecule has 9 N–H and O–H groups in total. The first kappa shape index (κ1) is 73.8. The van der Waals surface area contributed by atoms with Gasteiger partial charge in [-0.2, -0.15) is 24.9 Å². The van der Waals surface area contributed by atoms with E-state index in [0.29, 0.717) is 133 Å². The summed E-state index contributed by atoms with van der Waals surface area (Å²) >= 11 is 17.4. The minimum Gasteiger partial charge on any atom is -0.493 e. The van der Waals surface area contributed by atoms with Crippen LogP contribution >= 0.6 is 34.8 Å². The van der Waals surface area contributed by atoms with Gasteiger partial charge in [0.1, 0.15) is 59.0 Å². The SMILES string of the molecule is COc1cc(-n2cnc(N)c2)cc(OC)c1OC.COc1cc(-n2cnc(Nc3nc(Cl)nc4ncn(C)c34)c2)cc(OC)c1OC.COc1cc(-n2cnc(Nc3nc(N4CCC[C@H]4C(N)=O)nc4ncn(C)c34)c2)cc(OC)c1OC.Cn1cnc2nc(Cl)nc(Cl)c21.NC(=O)[C@@H]1CCCN1. The van der Waals surface area contributed by atoms with E-state index in [1.54, 1.807) is 123 Å². The van der Waals surface area contributed by atoms with Crippen LogP contribution in [-0.4, -0.2) is 188 Å². The first-order chi connectivity index (χ1) is 49.6. The second-order valence-corrected chi connectivity index (χ2v) is 23.4. The van der Waals surface area contributed by atoms with Crippen LogP contribution in [0, 0.1) is 0 Å². The Kier molecular flexibility index (Phi) is 23.7. The standard InChI is InChI=1S/C23H27N9O4.C18H18ClN7O3.C12H15N3O3.C6H4Cl2N4.C5H10N2O/c1-30-11-26-21-18(30)22(29-23(28-21)32-7-5-6-14(32)20(24)33)27-17-10-31(12-25-17)13-8-15(34-2)19(36-4)16(9-13)35-3;1-25-8-21-16-14(25)17(24-18(19)23-16)22-13-7-26(9-20-13)10-5-11(27-2)15(29-4)12(6-10)28-3;1-16-9-4-8(15-6-11(13)14-7-15)5-10(17-2)12(9)18-3;1-12-2-9-5-3(12)4(7)10-6(8)11-5;6-5(8)4-2-1-3-7-4/h8-12,14H,5-7H2,1-4H3,(H2,24,33)(H,27,28,29);5-9H,1-4H3,(H,22,23,24);4-7H,13H2,1-3H3;2H,1H3;4,7H,1-3H2,(H2,6,8)/t14-;;;;4-/m0...0/s1. The van der Waals surface area contributed by atoms with Crippen molar-refractivity contribution >= 4 is 115 Å². The van der Waals surface area contributed by atoms with Crippen LogP contribution in [0.5, 0.6) is 51.7 Å². The molecular weight excluding hydrogens is 1400 g/mol. The Morgan fingerprint density at radius 3 is 1.27 bits per heavy atom. The number of fused-ring (bicyclic) bond motifs is 3. The zero-order chi connectivity index (χ0) is 73.8. The molecule has 36 nitrogen and oxygen atoms in total. The number of hydrogen-bond donors (Lipinski definition) is 6. The van der Waals surface area contributed by atoms with E-state index in [1.165, 1.54) is 0 Å². The number of anilines is 6. The molecule has 103 heavy (non-hydrogen) atoms. The molecule has 12 aromatic rings. The molecular formula is C64H74Cl3N25O11. The number of aryl methyl sites for hydroxylation is 3. The van der Waals surface area contributed by atoms with E-state index in [2.05, 4.69) is 70.8 Å². The van der Waals surface area contributed by atoms with Gasteiger partial charge in [-0.05, 0) is 55.4 Å². The highest BCUT2D eigenvalue weighted by Gasteiger charge is 2.32. The molecule has 2 fully saturated rings. The molecule has 2 atom stereocenters. The van der Waals surface area contributed by atoms with Gasteiger partial charge in [-0.25, -0.2) is 34.9 Å². The molecule has 2 aliphatic heterocycles. The maximum Gasteiger partial charge on any atom is 0.240 e. The van der Waals surface area contributed by atoms with Crippen molar-refractivity contribution in [2.24, 2.45) is 32.6 Å². The third-order valence-corrected chi connectivity index (χ3v) is 16.6. The van der Waals surface area contributed by atoms with E-state index >= 15 is 0 Å². The summed E-state index contributed by atoms with van der Waals surface area (Å²) in [6, 6.07) is 10.5. The fraction of sp³-hybridized carbons (Fsp3) is 0.312. The molecule has 0 unspecified atom stereocenters. The Morgan fingerprint density at radius 2 is 0.883 bits per heavy atom. The number of nitrogens with zero attached hydrogens (tertiary/aromatic N) is 19. The molecule has 14 rings (SSSR count). The topological polar surface area (TPSA) is 419 Å². The van der Waals surface area contributed by atoms with Crippen molar-refractivity contribution in [3.05, 3.63) is 109 Å². The van der Waals surface area contributed by atoms with E-state index in [4.69, 9.17) is 99.6 Å². The normalized spacial score (nSPS) is 13.7. The van der Waals surface area contributed by atoms with E-state index in [1.807, 2.05) is 86.9 Å². The summed E-state index contributed by atoms with van der Waals surface area (Å²) in [5.41, 5.74) is 22.2. The van der Waals surface area contributed by atoms with Crippen molar-refractivity contribution in [3.8, 4) is 68.8 Å². The van der Waals surface area contributed by atoms with Crippen molar-refractivity contribution in [3.63, 3.8) is 0 Å². The van der Waals surface area contributed by atoms with Crippen molar-refractivity contribution in [2.45, 2.75) is 37.8 Å². The first-order valence-electron chi connectivity index (χ1n) is 31.1.